The van der Waals surface area contributed by atoms with Gasteiger partial charge < -0.3 is 56.0 Å². The van der Waals surface area contributed by atoms with Gasteiger partial charge in [-0.1, -0.05) is 76.8 Å². The maximum Gasteiger partial charge on any atom is 0.481 e. The van der Waals surface area contributed by atoms with Crippen LogP contribution in [0.5, 0.6) is 0 Å². The van der Waals surface area contributed by atoms with E-state index in [1.807, 2.05) is 0 Å². The Morgan fingerprint density at radius 2 is 1.62 bits per heavy atom. The number of nitrogens with zero attached hydrogens (tertiary/aromatic N) is 4. The van der Waals surface area contributed by atoms with E-state index in [1.165, 1.54) is 52.4 Å². The van der Waals surface area contributed by atoms with Gasteiger partial charge in [0.15, 0.2) is 22.8 Å². The standard InChI is InChI=1S/C37H64N7O18P3S/c1-4-5-6-7-8-9-10-11-12-13-14-15-25(45)20-28(47)66-19-18-39-27(46)16-17-40-35(50)32(49)37(2,3)22-59-65(56,57)62-64(54,55)58-21-26-31(61-63(51,52)53)30(48)36(60-26)44-24-43-29-33(38)41-23-42-34(29)44/h11-12,23-26,30-32,36,45,48-49H,4-10,13-22H2,1-3H3,(H,39,46)(H,40,50)(H,54,55)(H,56,57)(H2,38,41,42)(H2,51,52,53)/b12-11-/t25-,26+,30+,31+,32-,36+/m0/s1. The van der Waals surface area contributed by atoms with Gasteiger partial charge in [-0.2, -0.15) is 4.31 Å². The molecule has 0 aliphatic carbocycles. The third-order valence-electron chi connectivity index (χ3n) is 9.97. The van der Waals surface area contributed by atoms with Crippen molar-refractivity contribution in [2.45, 2.75) is 135 Å². The second-order valence-corrected chi connectivity index (χ2v) is 21.5. The number of allylic oxidation sites excluding steroid dienone is 2. The van der Waals surface area contributed by atoms with Crippen molar-refractivity contribution in [1.82, 2.24) is 30.2 Å². The van der Waals surface area contributed by atoms with E-state index < -0.39 is 90.7 Å². The summed E-state index contributed by atoms with van der Waals surface area (Å²) in [5.41, 5.74) is 4.25. The lowest BCUT2D eigenvalue weighted by Gasteiger charge is -2.30. The van der Waals surface area contributed by atoms with Crippen LogP contribution in [0.2, 0.25) is 0 Å². The average Bonchev–Trinajstić information content (AvgIpc) is 3.79. The number of phosphoric acid groups is 3. The molecule has 29 heteroatoms. The molecule has 66 heavy (non-hydrogen) atoms. The van der Waals surface area contributed by atoms with Gasteiger partial charge in [-0.05, 0) is 32.1 Å². The van der Waals surface area contributed by atoms with E-state index in [9.17, 15) is 63.0 Å². The van der Waals surface area contributed by atoms with Gasteiger partial charge >= 0.3 is 23.5 Å². The van der Waals surface area contributed by atoms with Crippen molar-refractivity contribution >= 4 is 69.1 Å². The molecular formula is C37H64N7O18P3S. The fourth-order valence-corrected chi connectivity index (χ4v) is 9.97. The van der Waals surface area contributed by atoms with Crippen molar-refractivity contribution < 1.29 is 85.6 Å². The van der Waals surface area contributed by atoms with Gasteiger partial charge in [0.1, 0.15) is 36.3 Å². The van der Waals surface area contributed by atoms with Crippen LogP contribution >= 0.6 is 35.2 Å². The number of phosphoric ester groups is 3. The number of imidazole rings is 1. The smallest absolute Gasteiger partial charge is 0.393 e. The number of fused-ring (bicyclic) bond motifs is 1. The first kappa shape index (κ1) is 57.6. The zero-order valence-corrected chi connectivity index (χ0v) is 40.5. The van der Waals surface area contributed by atoms with Gasteiger partial charge in [-0.25, -0.2) is 28.6 Å². The van der Waals surface area contributed by atoms with E-state index in [1.54, 1.807) is 0 Å². The molecule has 3 rings (SSSR count). The molecule has 0 radical (unpaired) electrons. The zero-order chi connectivity index (χ0) is 49.1. The number of hydrogen-bond acceptors (Lipinski definition) is 19. The van der Waals surface area contributed by atoms with Crippen LogP contribution in [0.25, 0.3) is 11.2 Å². The summed E-state index contributed by atoms with van der Waals surface area (Å²) in [5, 5.41) is 36.5. The van der Waals surface area contributed by atoms with Crippen LogP contribution in [0.15, 0.2) is 24.8 Å². The Morgan fingerprint density at radius 1 is 0.955 bits per heavy atom. The minimum atomic E-state index is -5.59. The topological polar surface area (TPSA) is 384 Å². The third-order valence-corrected chi connectivity index (χ3v) is 14.0. The van der Waals surface area contributed by atoms with Crippen molar-refractivity contribution in [2.75, 3.05) is 37.8 Å². The third kappa shape index (κ3) is 20.5. The van der Waals surface area contributed by atoms with E-state index in [-0.39, 0.29) is 53.8 Å². The summed E-state index contributed by atoms with van der Waals surface area (Å²) in [4.78, 5) is 88.3. The van der Waals surface area contributed by atoms with Gasteiger partial charge in [0.05, 0.1) is 25.6 Å². The molecule has 0 bridgehead atoms. The first-order valence-corrected chi connectivity index (χ1v) is 26.8. The van der Waals surface area contributed by atoms with E-state index in [2.05, 4.69) is 53.5 Å². The van der Waals surface area contributed by atoms with Gasteiger partial charge in [-0.15, -0.1) is 0 Å². The highest BCUT2D eigenvalue weighted by Gasteiger charge is 2.50. The predicted molar refractivity (Wildman–Crippen MR) is 239 cm³/mol. The molecule has 1 aliphatic heterocycles. The fourth-order valence-electron chi connectivity index (χ4n) is 6.40. The summed E-state index contributed by atoms with van der Waals surface area (Å²) in [7, 11) is -16.4. The Labute approximate surface area is 386 Å². The number of ether oxygens (including phenoxy) is 1. The molecule has 2 unspecified atom stereocenters. The number of amides is 2. The second kappa shape index (κ2) is 27.4. The Hall–Kier alpha value is -2.74. The van der Waals surface area contributed by atoms with Crippen molar-refractivity contribution in [1.29, 1.82) is 0 Å². The highest BCUT2D eigenvalue weighted by molar-refractivity contribution is 8.13. The van der Waals surface area contributed by atoms with Crippen LogP contribution < -0.4 is 16.4 Å². The van der Waals surface area contributed by atoms with E-state index in [0.717, 1.165) is 48.2 Å². The van der Waals surface area contributed by atoms with E-state index >= 15 is 0 Å². The van der Waals surface area contributed by atoms with Gasteiger partial charge in [0, 0.05) is 37.1 Å². The lowest BCUT2D eigenvalue weighted by Crippen LogP contribution is -2.46. The largest absolute Gasteiger partial charge is 0.481 e. The molecule has 0 aromatic carbocycles. The van der Waals surface area contributed by atoms with Crippen LogP contribution in [0.1, 0.15) is 104 Å². The van der Waals surface area contributed by atoms with Crippen LogP contribution in [0, 0.1) is 5.41 Å². The Bertz CT molecular complexity index is 2040. The van der Waals surface area contributed by atoms with Gasteiger partial charge in [0.2, 0.25) is 11.8 Å². The minimum Gasteiger partial charge on any atom is -0.393 e. The highest BCUT2D eigenvalue weighted by Crippen LogP contribution is 2.61. The fraction of sp³-hybridized carbons (Fsp3) is 0.730. The first-order chi connectivity index (χ1) is 30.9. The maximum atomic E-state index is 12.7. The number of anilines is 1. The van der Waals surface area contributed by atoms with E-state index in [0.29, 0.717) is 6.42 Å². The molecule has 2 aromatic rings. The molecular weight excluding hydrogens is 955 g/mol. The van der Waals surface area contributed by atoms with Crippen molar-refractivity contribution in [3.63, 3.8) is 0 Å². The molecule has 1 saturated heterocycles. The Morgan fingerprint density at radius 3 is 2.32 bits per heavy atom. The Kier molecular flexibility index (Phi) is 23.9. The summed E-state index contributed by atoms with van der Waals surface area (Å²) < 4.78 is 62.3. The Balaban J connectivity index is 1.34. The first-order valence-electron chi connectivity index (χ1n) is 21.3. The highest BCUT2D eigenvalue weighted by atomic mass is 32.2. The van der Waals surface area contributed by atoms with Gasteiger partial charge in [-0.3, -0.25) is 32.5 Å². The predicted octanol–water partition coefficient (Wildman–Crippen LogP) is 2.89. The quantitative estimate of drug-likeness (QED) is 0.0286. The molecule has 0 saturated carbocycles. The molecule has 376 valence electrons. The molecule has 3 heterocycles. The number of nitrogens with two attached hydrogens (primary N) is 1. The lowest BCUT2D eigenvalue weighted by atomic mass is 9.87. The molecule has 2 amide bonds. The summed E-state index contributed by atoms with van der Waals surface area (Å²) in [6.07, 6.45) is 7.22. The van der Waals surface area contributed by atoms with Crippen LogP contribution in [-0.4, -0.2) is 134 Å². The number of aromatic nitrogens is 4. The zero-order valence-electron chi connectivity index (χ0n) is 37.0. The molecule has 11 N–H and O–H groups in total. The van der Waals surface area contributed by atoms with Crippen molar-refractivity contribution in [2.24, 2.45) is 5.41 Å². The summed E-state index contributed by atoms with van der Waals surface area (Å²) in [6.45, 7) is 2.58. The van der Waals surface area contributed by atoms with Gasteiger partial charge in [0.25, 0.3) is 0 Å². The maximum absolute atomic E-state index is 12.7. The number of unbranched alkanes of at least 4 members (excludes halogenated alkanes) is 7. The minimum absolute atomic E-state index is 0.00196. The van der Waals surface area contributed by atoms with Crippen molar-refractivity contribution in [3.05, 3.63) is 24.8 Å². The number of nitrogen functional groups attached to an aromatic ring is 1. The summed E-state index contributed by atoms with van der Waals surface area (Å²) in [5.74, 6) is -1.24. The molecule has 25 nitrogen and oxygen atoms in total. The average molecular weight is 1020 g/mol. The number of aliphatic hydroxyl groups is 3. The number of thioether (sulfide) groups is 1. The lowest BCUT2D eigenvalue weighted by molar-refractivity contribution is -0.137. The number of hydrogen-bond donors (Lipinski definition) is 10. The van der Waals surface area contributed by atoms with Crippen LogP contribution in [-0.2, 0) is 50.7 Å². The SMILES string of the molecule is CCCCCCCC/C=C\CCC[C@H](O)CC(=O)SCCNC(=O)CCNC(=O)[C@H](O)C(C)(C)COP(=O)(O)OP(=O)(O)OC[C@H]1O[C@@H](n2cnc3c(N)ncnc32)[C@H](O)[C@@H]1OP(=O)(O)O. The number of nitrogens with one attached hydrogen (secondary N) is 2. The molecule has 2 aromatic heterocycles. The number of carbonyl (C=O) groups is 3. The summed E-state index contributed by atoms with van der Waals surface area (Å²) in [6, 6.07) is 0. The van der Waals surface area contributed by atoms with Crippen LogP contribution in [0.4, 0.5) is 5.82 Å². The molecule has 8 atom stereocenters. The van der Waals surface area contributed by atoms with Crippen molar-refractivity contribution in [3.8, 4) is 0 Å². The number of rotatable bonds is 32. The number of aliphatic hydroxyl groups excluding tert-OH is 3. The van der Waals surface area contributed by atoms with Crippen LogP contribution in [0.3, 0.4) is 0 Å². The normalized spacial score (nSPS) is 20.8. The van der Waals surface area contributed by atoms with E-state index in [4.69, 9.17) is 19.5 Å². The number of carbonyl (C=O) groups excluding carboxylic acids is 3. The molecule has 1 fully saturated rings. The molecule has 1 aliphatic rings. The second-order valence-electron chi connectivity index (χ2n) is 16.1. The summed E-state index contributed by atoms with van der Waals surface area (Å²) >= 11 is 0.984. The monoisotopic (exact) mass is 1020 g/mol. The molecule has 0 spiro atoms.